The summed E-state index contributed by atoms with van der Waals surface area (Å²) in [5.41, 5.74) is 4.69. The molecule has 3 atom stereocenters. The molecule has 3 aliphatic rings. The third-order valence-electron chi connectivity index (χ3n) is 6.94. The van der Waals surface area contributed by atoms with Crippen molar-refractivity contribution in [3.05, 3.63) is 59.7 Å². The van der Waals surface area contributed by atoms with Crippen molar-refractivity contribution in [2.24, 2.45) is 11.8 Å². The number of amides is 2. The molecule has 178 valence electrons. The van der Waals surface area contributed by atoms with Gasteiger partial charge in [0, 0.05) is 31.5 Å². The number of nitrogens with zero attached hydrogens (tertiary/aromatic N) is 1. The summed E-state index contributed by atoms with van der Waals surface area (Å²) in [4.78, 5) is 37.7. The molecule has 0 aromatic heterocycles. The zero-order valence-corrected chi connectivity index (χ0v) is 18.8. The molecule has 5 rings (SSSR count). The highest BCUT2D eigenvalue weighted by atomic mass is 16.5. The number of morpholine rings is 1. The van der Waals surface area contributed by atoms with Crippen molar-refractivity contribution in [2.45, 2.75) is 24.9 Å². The minimum absolute atomic E-state index is 0.00784. The average molecular weight is 465 g/mol. The van der Waals surface area contributed by atoms with Gasteiger partial charge < -0.3 is 24.8 Å². The van der Waals surface area contributed by atoms with E-state index >= 15 is 0 Å². The number of benzene rings is 2. The zero-order chi connectivity index (χ0) is 23.7. The van der Waals surface area contributed by atoms with Gasteiger partial charge in [-0.1, -0.05) is 48.5 Å². The number of aliphatic carboxylic acids is 1. The van der Waals surface area contributed by atoms with Crippen LogP contribution in [0.1, 0.15) is 29.9 Å². The predicted molar refractivity (Wildman–Crippen MR) is 123 cm³/mol. The molecule has 1 aliphatic heterocycles. The van der Waals surface area contributed by atoms with Gasteiger partial charge in [-0.2, -0.15) is 0 Å². The van der Waals surface area contributed by atoms with Crippen LogP contribution < -0.4 is 5.32 Å². The first-order chi connectivity index (χ1) is 16.5. The Morgan fingerprint density at radius 1 is 1.06 bits per heavy atom. The van der Waals surface area contributed by atoms with Crippen LogP contribution in [0.15, 0.2) is 48.5 Å². The minimum atomic E-state index is -0.934. The van der Waals surface area contributed by atoms with Crippen LogP contribution in [-0.4, -0.2) is 66.9 Å². The van der Waals surface area contributed by atoms with Crippen molar-refractivity contribution < 1.29 is 29.0 Å². The largest absolute Gasteiger partial charge is 0.481 e. The maximum atomic E-state index is 12.8. The molecule has 2 fully saturated rings. The molecule has 3 unspecified atom stereocenters. The number of alkyl carbamates (subject to hydrolysis) is 1. The van der Waals surface area contributed by atoms with Gasteiger partial charge in [-0.3, -0.25) is 9.59 Å². The van der Waals surface area contributed by atoms with Crippen LogP contribution >= 0.6 is 0 Å². The first kappa shape index (κ1) is 22.4. The maximum absolute atomic E-state index is 12.8. The van der Waals surface area contributed by atoms with Crippen LogP contribution in [0.2, 0.25) is 0 Å². The molecule has 8 heteroatoms. The molecule has 0 bridgehead atoms. The summed E-state index contributed by atoms with van der Waals surface area (Å²) >= 11 is 0. The van der Waals surface area contributed by atoms with Crippen molar-refractivity contribution in [3.8, 4) is 11.1 Å². The van der Waals surface area contributed by atoms with Crippen LogP contribution in [0.5, 0.6) is 0 Å². The van der Waals surface area contributed by atoms with E-state index in [2.05, 4.69) is 29.6 Å². The number of carboxylic acid groups (broad SMARTS) is 1. The number of carbonyl (C=O) groups excluding carboxylic acids is 2. The number of nitrogens with one attached hydrogen (secondary N) is 1. The van der Waals surface area contributed by atoms with Gasteiger partial charge >= 0.3 is 12.1 Å². The quantitative estimate of drug-likeness (QED) is 0.653. The highest BCUT2D eigenvalue weighted by Gasteiger charge is 2.45. The van der Waals surface area contributed by atoms with E-state index in [1.807, 2.05) is 24.3 Å². The van der Waals surface area contributed by atoms with Crippen molar-refractivity contribution >= 4 is 18.0 Å². The molecule has 34 heavy (non-hydrogen) atoms. The van der Waals surface area contributed by atoms with Crippen LogP contribution in [0.25, 0.3) is 11.1 Å². The Hall–Kier alpha value is -3.39. The van der Waals surface area contributed by atoms with Gasteiger partial charge in [0.25, 0.3) is 0 Å². The lowest BCUT2D eigenvalue weighted by molar-refractivity contribution is -0.148. The van der Waals surface area contributed by atoms with Crippen LogP contribution in [0, 0.1) is 11.8 Å². The van der Waals surface area contributed by atoms with Crippen molar-refractivity contribution in [1.82, 2.24) is 10.2 Å². The third-order valence-corrected chi connectivity index (χ3v) is 6.94. The summed E-state index contributed by atoms with van der Waals surface area (Å²) in [5.74, 6) is -0.978. The van der Waals surface area contributed by atoms with E-state index in [9.17, 15) is 14.4 Å². The fraction of sp³-hybridized carbons (Fsp3) is 0.423. The number of hydrogen-bond acceptors (Lipinski definition) is 5. The van der Waals surface area contributed by atoms with Gasteiger partial charge in [-0.15, -0.1) is 0 Å². The van der Waals surface area contributed by atoms with Gasteiger partial charge in [-0.25, -0.2) is 4.79 Å². The third kappa shape index (κ3) is 4.63. The summed E-state index contributed by atoms with van der Waals surface area (Å²) in [7, 11) is 0. The average Bonchev–Trinajstić information content (AvgIpc) is 3.55. The van der Waals surface area contributed by atoms with E-state index in [0.29, 0.717) is 32.7 Å². The number of rotatable bonds is 7. The molecule has 1 heterocycles. The molecular weight excluding hydrogens is 436 g/mol. The van der Waals surface area contributed by atoms with Gasteiger partial charge in [0.15, 0.2) is 0 Å². The Bertz CT molecular complexity index is 1060. The molecule has 1 saturated heterocycles. The van der Waals surface area contributed by atoms with E-state index < -0.39 is 18.2 Å². The molecule has 2 aromatic carbocycles. The van der Waals surface area contributed by atoms with Crippen LogP contribution in [0.3, 0.4) is 0 Å². The Labute approximate surface area is 197 Å². The summed E-state index contributed by atoms with van der Waals surface area (Å²) in [6.07, 6.45) is -0.343. The zero-order valence-electron chi connectivity index (χ0n) is 18.8. The Kier molecular flexibility index (Phi) is 6.24. The van der Waals surface area contributed by atoms with Gasteiger partial charge in [0.2, 0.25) is 5.91 Å². The number of ether oxygens (including phenoxy) is 2. The van der Waals surface area contributed by atoms with Gasteiger partial charge in [0.05, 0.1) is 19.1 Å². The second-order valence-corrected chi connectivity index (χ2v) is 9.18. The molecule has 1 saturated carbocycles. The Balaban J connectivity index is 1.09. The smallest absolute Gasteiger partial charge is 0.407 e. The second-order valence-electron chi connectivity index (χ2n) is 9.18. The van der Waals surface area contributed by atoms with Crippen molar-refractivity contribution in [1.29, 1.82) is 0 Å². The molecule has 0 radical (unpaired) electrons. The van der Waals surface area contributed by atoms with Gasteiger partial charge in [0.1, 0.15) is 6.61 Å². The normalized spacial score (nSPS) is 23.1. The molecule has 8 nitrogen and oxygen atoms in total. The number of carbonyl (C=O) groups is 3. The SMILES string of the molecule is O=C(O)CC1CN(C(=O)C2CC2CNC(=O)OCC2c3ccccc3-c3ccccc32)CCO1. The van der Waals surface area contributed by atoms with Crippen LogP contribution in [-0.2, 0) is 19.1 Å². The Morgan fingerprint density at radius 3 is 2.41 bits per heavy atom. The monoisotopic (exact) mass is 464 g/mol. The van der Waals surface area contributed by atoms with Gasteiger partial charge in [-0.05, 0) is 34.6 Å². The number of carboxylic acids is 1. The Morgan fingerprint density at radius 2 is 1.74 bits per heavy atom. The van der Waals surface area contributed by atoms with E-state index in [4.69, 9.17) is 14.6 Å². The molecule has 2 aromatic rings. The second kappa shape index (κ2) is 9.46. The lowest BCUT2D eigenvalue weighted by Crippen LogP contribution is -2.47. The summed E-state index contributed by atoms with van der Waals surface area (Å²) in [5, 5.41) is 11.8. The van der Waals surface area contributed by atoms with E-state index in [-0.39, 0.29) is 36.7 Å². The fourth-order valence-electron chi connectivity index (χ4n) is 5.11. The highest BCUT2D eigenvalue weighted by molar-refractivity contribution is 5.82. The molecule has 2 amide bonds. The lowest BCUT2D eigenvalue weighted by atomic mass is 9.98. The molecular formula is C26H28N2O6. The molecule has 2 N–H and O–H groups in total. The minimum Gasteiger partial charge on any atom is -0.481 e. The predicted octanol–water partition coefficient (Wildman–Crippen LogP) is 2.86. The maximum Gasteiger partial charge on any atom is 0.407 e. The first-order valence-corrected chi connectivity index (χ1v) is 11.7. The van der Waals surface area contributed by atoms with E-state index in [1.54, 1.807) is 4.90 Å². The molecule has 0 spiro atoms. The summed E-state index contributed by atoms with van der Waals surface area (Å²) < 4.78 is 11.0. The first-order valence-electron chi connectivity index (χ1n) is 11.7. The van der Waals surface area contributed by atoms with E-state index in [0.717, 1.165) is 11.1 Å². The van der Waals surface area contributed by atoms with Crippen molar-refractivity contribution in [2.75, 3.05) is 32.8 Å². The van der Waals surface area contributed by atoms with Crippen LogP contribution in [0.4, 0.5) is 4.79 Å². The number of fused-ring (bicyclic) bond motifs is 3. The van der Waals surface area contributed by atoms with E-state index in [1.165, 1.54) is 11.1 Å². The fourth-order valence-corrected chi connectivity index (χ4v) is 5.11. The summed E-state index contributed by atoms with van der Waals surface area (Å²) in [6.45, 7) is 1.76. The lowest BCUT2D eigenvalue weighted by Gasteiger charge is -2.32. The highest BCUT2D eigenvalue weighted by Crippen LogP contribution is 2.44. The number of hydrogen-bond donors (Lipinski definition) is 2. The molecule has 2 aliphatic carbocycles. The summed E-state index contributed by atoms with van der Waals surface area (Å²) in [6, 6.07) is 16.4. The topological polar surface area (TPSA) is 105 Å². The standard InChI is InChI=1S/C26H28N2O6/c29-24(30)12-17-14-28(9-10-33-17)25(31)22-11-16(22)13-27-26(32)34-15-23-20-7-3-1-5-18(20)19-6-2-4-8-21(19)23/h1-8,16-17,22-23H,9-15H2,(H,27,32)(H,29,30). The van der Waals surface area contributed by atoms with Crippen molar-refractivity contribution in [3.63, 3.8) is 0 Å².